The van der Waals surface area contributed by atoms with Crippen LogP contribution in [-0.2, 0) is 6.54 Å². The molecule has 1 aliphatic heterocycles. The van der Waals surface area contributed by atoms with E-state index in [1.165, 1.54) is 0 Å². The number of ether oxygens (including phenoxy) is 4. The van der Waals surface area contributed by atoms with E-state index in [4.69, 9.17) is 18.9 Å². The second kappa shape index (κ2) is 8.94. The van der Waals surface area contributed by atoms with Gasteiger partial charge in [0, 0.05) is 35.6 Å². The van der Waals surface area contributed by atoms with Gasteiger partial charge in [0.25, 0.3) is 0 Å². The average molecular weight is 423 g/mol. The van der Waals surface area contributed by atoms with Crippen molar-refractivity contribution in [3.8, 4) is 28.7 Å². The van der Waals surface area contributed by atoms with Crippen molar-refractivity contribution in [2.75, 3.05) is 27.4 Å². The van der Waals surface area contributed by atoms with E-state index in [0.29, 0.717) is 19.8 Å². The lowest BCUT2D eigenvalue weighted by molar-refractivity contribution is 0.287. The molecule has 2 heterocycles. The Morgan fingerprint density at radius 3 is 2.39 bits per heavy atom. The lowest BCUT2D eigenvalue weighted by atomic mass is 9.99. The Kier molecular flexibility index (Phi) is 6.09. The molecule has 164 valence electrons. The second-order valence-electron chi connectivity index (χ2n) is 7.43. The van der Waals surface area contributed by atoms with Crippen LogP contribution in [0.1, 0.15) is 42.3 Å². The van der Waals surface area contributed by atoms with Crippen molar-refractivity contribution in [2.45, 2.75) is 33.4 Å². The van der Waals surface area contributed by atoms with Gasteiger partial charge in [0.05, 0.1) is 39.2 Å². The van der Waals surface area contributed by atoms with Crippen molar-refractivity contribution in [3.63, 3.8) is 0 Å². The minimum Gasteiger partial charge on any atom is -0.496 e. The van der Waals surface area contributed by atoms with Crippen LogP contribution in [0.3, 0.4) is 0 Å². The van der Waals surface area contributed by atoms with Gasteiger partial charge in [-0.05, 0) is 56.7 Å². The lowest BCUT2D eigenvalue weighted by Gasteiger charge is -2.22. The van der Waals surface area contributed by atoms with Crippen molar-refractivity contribution in [1.29, 1.82) is 0 Å². The third-order valence-corrected chi connectivity index (χ3v) is 5.70. The summed E-state index contributed by atoms with van der Waals surface area (Å²) >= 11 is 0. The van der Waals surface area contributed by atoms with Gasteiger partial charge < -0.3 is 28.8 Å². The van der Waals surface area contributed by atoms with Crippen LogP contribution in [0, 0.1) is 6.92 Å². The van der Waals surface area contributed by atoms with E-state index in [1.54, 1.807) is 14.2 Å². The first-order valence-electron chi connectivity index (χ1n) is 10.7. The van der Waals surface area contributed by atoms with Crippen molar-refractivity contribution in [3.05, 3.63) is 65.0 Å². The molecule has 1 aliphatic rings. The van der Waals surface area contributed by atoms with E-state index < -0.39 is 0 Å². The number of hydrogen-bond acceptors (Lipinski definition) is 5. The number of rotatable bonds is 7. The van der Waals surface area contributed by atoms with Gasteiger partial charge in [-0.3, -0.25) is 0 Å². The van der Waals surface area contributed by atoms with Gasteiger partial charge in [-0.15, -0.1) is 0 Å². The zero-order valence-corrected chi connectivity index (χ0v) is 18.8. The van der Waals surface area contributed by atoms with Gasteiger partial charge in [-0.1, -0.05) is 0 Å². The highest BCUT2D eigenvalue weighted by molar-refractivity contribution is 5.58. The predicted octanol–water partition coefficient (Wildman–Crippen LogP) is 4.79. The average Bonchev–Trinajstić information content (AvgIpc) is 3.20. The first kappa shape index (κ1) is 21.1. The molecule has 0 saturated heterocycles. The van der Waals surface area contributed by atoms with Gasteiger partial charge >= 0.3 is 0 Å². The van der Waals surface area contributed by atoms with Crippen molar-refractivity contribution >= 4 is 0 Å². The fourth-order valence-electron chi connectivity index (χ4n) is 4.34. The van der Waals surface area contributed by atoms with E-state index in [-0.39, 0.29) is 6.04 Å². The molecule has 31 heavy (non-hydrogen) atoms. The number of methoxy groups -OCH3 is 2. The molecule has 0 fully saturated rings. The molecule has 4 rings (SSSR count). The van der Waals surface area contributed by atoms with Crippen LogP contribution in [0.25, 0.3) is 5.69 Å². The monoisotopic (exact) mass is 422 g/mol. The largest absolute Gasteiger partial charge is 0.496 e. The Labute approximate surface area is 183 Å². The highest BCUT2D eigenvalue weighted by Gasteiger charge is 2.28. The minimum absolute atomic E-state index is 0.0481. The zero-order chi connectivity index (χ0) is 22.0. The number of hydrogen-bond donors (Lipinski definition) is 1. The molecule has 0 radical (unpaired) electrons. The molecular formula is C25H30N2O4. The topological polar surface area (TPSA) is 53.9 Å². The molecule has 0 amide bonds. The SMILES string of the molecule is CCOc1cc2c(cc1OCC)-n1cccc1C(c1ccc(OC)c(C)c1OC)NC2. The smallest absolute Gasteiger partial charge is 0.163 e. The summed E-state index contributed by atoms with van der Waals surface area (Å²) in [5, 5.41) is 3.72. The number of nitrogens with one attached hydrogen (secondary N) is 1. The predicted molar refractivity (Wildman–Crippen MR) is 121 cm³/mol. The van der Waals surface area contributed by atoms with E-state index in [2.05, 4.69) is 46.4 Å². The summed E-state index contributed by atoms with van der Waals surface area (Å²) < 4.78 is 25.3. The quantitative estimate of drug-likeness (QED) is 0.593. The Bertz CT molecular complexity index is 1070. The highest BCUT2D eigenvalue weighted by Crippen LogP contribution is 2.41. The summed E-state index contributed by atoms with van der Waals surface area (Å²) in [4.78, 5) is 0. The maximum atomic E-state index is 5.88. The van der Waals surface area contributed by atoms with Crippen LogP contribution < -0.4 is 24.3 Å². The Morgan fingerprint density at radius 2 is 1.71 bits per heavy atom. The maximum Gasteiger partial charge on any atom is 0.163 e. The van der Waals surface area contributed by atoms with Crippen molar-refractivity contribution in [2.24, 2.45) is 0 Å². The zero-order valence-electron chi connectivity index (χ0n) is 18.8. The number of benzene rings is 2. The van der Waals surface area contributed by atoms with Crippen LogP contribution in [0.5, 0.6) is 23.0 Å². The van der Waals surface area contributed by atoms with E-state index in [9.17, 15) is 0 Å². The lowest BCUT2D eigenvalue weighted by Crippen LogP contribution is -2.22. The van der Waals surface area contributed by atoms with Crippen molar-refractivity contribution < 1.29 is 18.9 Å². The van der Waals surface area contributed by atoms with Gasteiger partial charge in [0.15, 0.2) is 11.5 Å². The highest BCUT2D eigenvalue weighted by atomic mass is 16.5. The van der Waals surface area contributed by atoms with Crippen LogP contribution in [0.4, 0.5) is 0 Å². The molecule has 1 N–H and O–H groups in total. The summed E-state index contributed by atoms with van der Waals surface area (Å²) in [7, 11) is 3.39. The molecule has 0 saturated carbocycles. The third-order valence-electron chi connectivity index (χ3n) is 5.70. The van der Waals surface area contributed by atoms with Gasteiger partial charge in [-0.2, -0.15) is 0 Å². The second-order valence-corrected chi connectivity index (χ2v) is 7.43. The third kappa shape index (κ3) is 3.72. The summed E-state index contributed by atoms with van der Waals surface area (Å²) in [6, 6.07) is 12.4. The fourth-order valence-corrected chi connectivity index (χ4v) is 4.34. The molecule has 0 bridgehead atoms. The Morgan fingerprint density at radius 1 is 0.968 bits per heavy atom. The molecular weight excluding hydrogens is 392 g/mol. The van der Waals surface area contributed by atoms with Crippen LogP contribution in [-0.4, -0.2) is 32.0 Å². The molecule has 6 nitrogen and oxygen atoms in total. The van der Waals surface area contributed by atoms with Crippen LogP contribution in [0.2, 0.25) is 0 Å². The summed E-state index contributed by atoms with van der Waals surface area (Å²) in [6.45, 7) is 7.85. The van der Waals surface area contributed by atoms with Crippen molar-refractivity contribution in [1.82, 2.24) is 9.88 Å². The Hall–Kier alpha value is -3.12. The maximum absolute atomic E-state index is 5.88. The van der Waals surface area contributed by atoms with Gasteiger partial charge in [0.1, 0.15) is 11.5 Å². The minimum atomic E-state index is -0.0481. The molecule has 0 aliphatic carbocycles. The van der Waals surface area contributed by atoms with E-state index >= 15 is 0 Å². The molecule has 1 atom stereocenters. The summed E-state index contributed by atoms with van der Waals surface area (Å²) in [5.41, 5.74) is 5.43. The summed E-state index contributed by atoms with van der Waals surface area (Å²) in [6.07, 6.45) is 2.09. The first-order chi connectivity index (χ1) is 15.1. The normalized spacial score (nSPS) is 14.9. The van der Waals surface area contributed by atoms with Crippen LogP contribution in [0.15, 0.2) is 42.6 Å². The van der Waals surface area contributed by atoms with E-state index in [1.807, 2.05) is 26.8 Å². The molecule has 0 spiro atoms. The van der Waals surface area contributed by atoms with Crippen LogP contribution >= 0.6 is 0 Å². The number of nitrogens with zero attached hydrogens (tertiary/aromatic N) is 1. The molecule has 1 aromatic heterocycles. The molecule has 6 heteroatoms. The number of aromatic nitrogens is 1. The standard InChI is InChI=1S/C25H30N2O4/c1-6-30-22-13-17-15-26-24(18-10-11-21(28-4)16(3)25(18)29-5)19-9-8-12-27(19)20(17)14-23(22)31-7-2/h8-14,24,26H,6-7,15H2,1-5H3. The van der Waals surface area contributed by atoms with Gasteiger partial charge in [-0.25, -0.2) is 0 Å². The Balaban J connectivity index is 1.84. The molecule has 3 aromatic rings. The fraction of sp³-hybridized carbons (Fsp3) is 0.360. The van der Waals surface area contributed by atoms with E-state index in [0.717, 1.165) is 51.1 Å². The molecule has 2 aromatic carbocycles. The first-order valence-corrected chi connectivity index (χ1v) is 10.7. The van der Waals surface area contributed by atoms with Gasteiger partial charge in [0.2, 0.25) is 0 Å². The molecule has 1 unspecified atom stereocenters. The summed E-state index contributed by atoms with van der Waals surface area (Å²) in [5.74, 6) is 3.19. The number of fused-ring (bicyclic) bond motifs is 3.